The number of aromatic nitrogens is 2. The molecule has 0 aromatic carbocycles. The van der Waals surface area contributed by atoms with Crippen LogP contribution in [-0.4, -0.2) is 15.3 Å². The highest BCUT2D eigenvalue weighted by atomic mass is 32.2. The lowest BCUT2D eigenvalue weighted by Gasteiger charge is -2.06. The fourth-order valence-corrected chi connectivity index (χ4v) is 1.41. The van der Waals surface area contributed by atoms with E-state index in [2.05, 4.69) is 5.10 Å². The third-order valence-electron chi connectivity index (χ3n) is 1.20. The molecule has 0 fully saturated rings. The number of hydrogen-bond acceptors (Lipinski definition) is 2. The van der Waals surface area contributed by atoms with E-state index in [0.29, 0.717) is 6.54 Å². The van der Waals surface area contributed by atoms with Crippen LogP contribution in [0.3, 0.4) is 0 Å². The van der Waals surface area contributed by atoms with Gasteiger partial charge in [0.2, 0.25) is 0 Å². The van der Waals surface area contributed by atoms with E-state index in [0.717, 1.165) is 0 Å². The standard InChI is InChI=1S/C6H7F3N2S/c1-2-11-5(3-4-10-11)12-6(7,8)9/h3-4H,2H2,1H3. The first-order valence-corrected chi connectivity index (χ1v) is 4.12. The zero-order valence-corrected chi connectivity index (χ0v) is 7.11. The number of alkyl halides is 3. The fourth-order valence-electron chi connectivity index (χ4n) is 0.763. The molecule has 0 amide bonds. The van der Waals surface area contributed by atoms with Gasteiger partial charge in [0.15, 0.2) is 0 Å². The van der Waals surface area contributed by atoms with Crippen molar-refractivity contribution < 1.29 is 13.2 Å². The first-order chi connectivity index (χ1) is 5.53. The highest BCUT2D eigenvalue weighted by Gasteiger charge is 2.30. The Hall–Kier alpha value is -0.650. The van der Waals surface area contributed by atoms with Crippen LogP contribution in [0.1, 0.15) is 6.92 Å². The summed E-state index contributed by atoms with van der Waals surface area (Å²) >= 11 is -0.141. The van der Waals surface area contributed by atoms with Crippen LogP contribution in [-0.2, 0) is 6.54 Å². The molecule has 0 aliphatic heterocycles. The van der Waals surface area contributed by atoms with E-state index >= 15 is 0 Å². The van der Waals surface area contributed by atoms with Gasteiger partial charge in [-0.3, -0.25) is 4.68 Å². The molecule has 2 nitrogen and oxygen atoms in total. The first-order valence-electron chi connectivity index (χ1n) is 3.30. The molecule has 0 unspecified atom stereocenters. The van der Waals surface area contributed by atoms with E-state index in [1.54, 1.807) is 6.92 Å². The lowest BCUT2D eigenvalue weighted by Crippen LogP contribution is -2.04. The molecule has 1 aromatic rings. The summed E-state index contributed by atoms with van der Waals surface area (Å²) < 4.78 is 36.9. The van der Waals surface area contributed by atoms with Gasteiger partial charge in [0.25, 0.3) is 0 Å². The van der Waals surface area contributed by atoms with Gasteiger partial charge in [0, 0.05) is 18.3 Å². The second kappa shape index (κ2) is 3.38. The number of hydrogen-bond donors (Lipinski definition) is 0. The Bertz CT molecular complexity index is 256. The van der Waals surface area contributed by atoms with Crippen molar-refractivity contribution in [1.29, 1.82) is 0 Å². The lowest BCUT2D eigenvalue weighted by atomic mass is 10.7. The number of thioether (sulfide) groups is 1. The Morgan fingerprint density at radius 2 is 2.25 bits per heavy atom. The van der Waals surface area contributed by atoms with Gasteiger partial charge in [-0.25, -0.2) is 0 Å². The Labute approximate surface area is 71.8 Å². The highest BCUT2D eigenvalue weighted by Crippen LogP contribution is 2.36. The van der Waals surface area contributed by atoms with Gasteiger partial charge in [0.1, 0.15) is 5.03 Å². The third kappa shape index (κ3) is 2.44. The van der Waals surface area contributed by atoms with Crippen LogP contribution in [0.25, 0.3) is 0 Å². The molecule has 0 saturated carbocycles. The van der Waals surface area contributed by atoms with E-state index in [-0.39, 0.29) is 16.8 Å². The summed E-state index contributed by atoms with van der Waals surface area (Å²) in [5.41, 5.74) is -4.23. The van der Waals surface area contributed by atoms with Crippen LogP contribution in [0.4, 0.5) is 13.2 Å². The van der Waals surface area contributed by atoms with Gasteiger partial charge in [-0.1, -0.05) is 0 Å². The van der Waals surface area contributed by atoms with Gasteiger partial charge >= 0.3 is 5.51 Å². The van der Waals surface area contributed by atoms with Crippen molar-refractivity contribution in [3.63, 3.8) is 0 Å². The minimum absolute atomic E-state index is 0.130. The van der Waals surface area contributed by atoms with Gasteiger partial charge in [-0.15, -0.1) is 0 Å². The SMILES string of the molecule is CCn1nccc1SC(F)(F)F. The predicted octanol–water partition coefficient (Wildman–Crippen LogP) is 2.51. The summed E-state index contributed by atoms with van der Waals surface area (Å²) in [5, 5.41) is 3.84. The molecule has 0 aliphatic rings. The van der Waals surface area contributed by atoms with Crippen molar-refractivity contribution in [2.75, 3.05) is 0 Å². The maximum absolute atomic E-state index is 11.9. The van der Waals surface area contributed by atoms with E-state index in [4.69, 9.17) is 0 Å². The molecule has 0 spiro atoms. The van der Waals surface area contributed by atoms with E-state index < -0.39 is 5.51 Å². The molecule has 0 bridgehead atoms. The minimum atomic E-state index is -4.23. The molecular weight excluding hydrogens is 189 g/mol. The van der Waals surface area contributed by atoms with Crippen LogP contribution >= 0.6 is 11.8 Å². The summed E-state index contributed by atoms with van der Waals surface area (Å²) in [4.78, 5) is 0. The molecule has 0 aliphatic carbocycles. The normalized spacial score (nSPS) is 12.0. The van der Waals surface area contributed by atoms with Crippen molar-refractivity contribution in [2.24, 2.45) is 0 Å². The highest BCUT2D eigenvalue weighted by molar-refractivity contribution is 8.00. The molecular formula is C6H7F3N2S. The van der Waals surface area contributed by atoms with Gasteiger partial charge in [-0.2, -0.15) is 18.3 Å². The molecule has 6 heteroatoms. The van der Waals surface area contributed by atoms with Crippen LogP contribution < -0.4 is 0 Å². The molecule has 12 heavy (non-hydrogen) atoms. The Kier molecular flexibility index (Phi) is 2.66. The van der Waals surface area contributed by atoms with Crippen molar-refractivity contribution in [3.05, 3.63) is 12.3 Å². The maximum atomic E-state index is 11.9. The predicted molar refractivity (Wildman–Crippen MR) is 39.8 cm³/mol. The second-order valence-electron chi connectivity index (χ2n) is 2.03. The smallest absolute Gasteiger partial charge is 0.259 e. The van der Waals surface area contributed by atoms with Crippen LogP contribution in [0.5, 0.6) is 0 Å². The minimum Gasteiger partial charge on any atom is -0.259 e. The summed E-state index contributed by atoms with van der Waals surface area (Å²) in [7, 11) is 0. The van der Waals surface area contributed by atoms with Gasteiger partial charge < -0.3 is 0 Å². The number of halogens is 3. The number of nitrogens with zero attached hydrogens (tertiary/aromatic N) is 2. The lowest BCUT2D eigenvalue weighted by molar-refractivity contribution is -0.0331. The molecule has 1 heterocycles. The van der Waals surface area contributed by atoms with E-state index in [1.165, 1.54) is 16.9 Å². The monoisotopic (exact) mass is 196 g/mol. The largest absolute Gasteiger partial charge is 0.447 e. The zero-order chi connectivity index (χ0) is 9.19. The van der Waals surface area contributed by atoms with Crippen LogP contribution in [0.15, 0.2) is 17.3 Å². The van der Waals surface area contributed by atoms with Gasteiger partial charge in [-0.05, 0) is 13.0 Å². The summed E-state index contributed by atoms with van der Waals surface area (Å²) in [6.07, 6.45) is 1.36. The second-order valence-corrected chi connectivity index (χ2v) is 3.12. The molecule has 1 aromatic heterocycles. The molecule has 0 radical (unpaired) electrons. The van der Waals surface area contributed by atoms with Crippen LogP contribution in [0.2, 0.25) is 0 Å². The van der Waals surface area contributed by atoms with Crippen molar-refractivity contribution in [3.8, 4) is 0 Å². The zero-order valence-electron chi connectivity index (χ0n) is 6.30. The maximum Gasteiger partial charge on any atom is 0.447 e. The molecule has 68 valence electrons. The molecule has 0 N–H and O–H groups in total. The number of aryl methyl sites for hydroxylation is 1. The average molecular weight is 196 g/mol. The average Bonchev–Trinajstić information content (AvgIpc) is 2.31. The van der Waals surface area contributed by atoms with Crippen LogP contribution in [0, 0.1) is 0 Å². The quantitative estimate of drug-likeness (QED) is 0.676. The summed E-state index contributed by atoms with van der Waals surface area (Å²) in [5.74, 6) is 0. The van der Waals surface area contributed by atoms with Crippen molar-refractivity contribution >= 4 is 11.8 Å². The first kappa shape index (κ1) is 9.44. The summed E-state index contributed by atoms with van der Waals surface area (Å²) in [6.45, 7) is 2.19. The van der Waals surface area contributed by atoms with Crippen molar-refractivity contribution in [2.45, 2.75) is 24.0 Å². The Morgan fingerprint density at radius 3 is 2.75 bits per heavy atom. The van der Waals surface area contributed by atoms with Gasteiger partial charge in [0.05, 0.1) is 6.20 Å². The molecule has 1 rings (SSSR count). The third-order valence-corrected chi connectivity index (χ3v) is 1.98. The topological polar surface area (TPSA) is 17.8 Å². The fraction of sp³-hybridized carbons (Fsp3) is 0.500. The Balaban J connectivity index is 2.75. The Morgan fingerprint density at radius 1 is 1.58 bits per heavy atom. The molecule has 0 atom stereocenters. The van der Waals surface area contributed by atoms with E-state index in [1.807, 2.05) is 0 Å². The number of rotatable bonds is 2. The van der Waals surface area contributed by atoms with E-state index in [9.17, 15) is 13.2 Å². The van der Waals surface area contributed by atoms with Crippen molar-refractivity contribution in [1.82, 2.24) is 9.78 Å². The summed E-state index contributed by atoms with van der Waals surface area (Å²) in [6, 6.07) is 1.35. The molecule has 0 saturated heterocycles.